The Kier molecular flexibility index (Phi) is 4.80. The molecule has 0 radical (unpaired) electrons. The molecule has 1 rings (SSSR count). The zero-order valence-corrected chi connectivity index (χ0v) is 11.7. The number of hydrogen-bond donors (Lipinski definition) is 1. The highest BCUT2D eigenvalue weighted by Gasteiger charge is 2.38. The van der Waals surface area contributed by atoms with Gasteiger partial charge in [-0.15, -0.1) is 0 Å². The van der Waals surface area contributed by atoms with Crippen molar-refractivity contribution in [3.63, 3.8) is 0 Å². The summed E-state index contributed by atoms with van der Waals surface area (Å²) in [6.45, 7) is 9.69. The fourth-order valence-corrected chi connectivity index (χ4v) is 2.26. The second-order valence-corrected chi connectivity index (χ2v) is 5.76. The van der Waals surface area contributed by atoms with Crippen LogP contribution in [-0.4, -0.2) is 42.8 Å². The Hall–Kier alpha value is -0.770. The maximum atomic E-state index is 12.0. The van der Waals surface area contributed by atoms with Gasteiger partial charge in [-0.05, 0) is 46.7 Å². The number of rotatable bonds is 4. The summed E-state index contributed by atoms with van der Waals surface area (Å²) in [7, 11) is 1.96. The van der Waals surface area contributed by atoms with Gasteiger partial charge in [0.25, 0.3) is 0 Å². The molecule has 1 aliphatic heterocycles. The highest BCUT2D eigenvalue weighted by atomic mass is 16.6. The molecular weight excluding hydrogens is 216 g/mol. The highest BCUT2D eigenvalue weighted by molar-refractivity contribution is 5.69. The monoisotopic (exact) mass is 242 g/mol. The van der Waals surface area contributed by atoms with Gasteiger partial charge in [0.2, 0.25) is 0 Å². The average Bonchev–Trinajstić information content (AvgIpc) is 2.11. The Labute approximate surface area is 105 Å². The molecule has 1 amide bonds. The van der Waals surface area contributed by atoms with Gasteiger partial charge in [0.05, 0.1) is 0 Å². The van der Waals surface area contributed by atoms with Crippen LogP contribution in [0, 0.1) is 5.92 Å². The van der Waals surface area contributed by atoms with Gasteiger partial charge in [0, 0.05) is 12.6 Å². The fraction of sp³-hybridized carbons (Fsp3) is 0.923. The van der Waals surface area contributed by atoms with E-state index >= 15 is 0 Å². The Bertz CT molecular complexity index is 261. The molecule has 4 nitrogen and oxygen atoms in total. The summed E-state index contributed by atoms with van der Waals surface area (Å²) < 4.78 is 5.41. The van der Waals surface area contributed by atoms with Crippen LogP contribution in [0.4, 0.5) is 4.79 Å². The van der Waals surface area contributed by atoms with Crippen LogP contribution >= 0.6 is 0 Å². The molecule has 0 aliphatic carbocycles. The summed E-state index contributed by atoms with van der Waals surface area (Å²) in [5.74, 6) is 0.529. The van der Waals surface area contributed by atoms with Crippen molar-refractivity contribution in [1.82, 2.24) is 10.2 Å². The number of carbonyl (C=O) groups excluding carboxylic acids is 1. The van der Waals surface area contributed by atoms with Gasteiger partial charge in [-0.3, -0.25) is 0 Å². The molecule has 100 valence electrons. The maximum absolute atomic E-state index is 12.0. The number of carbonyl (C=O) groups is 1. The Morgan fingerprint density at radius 3 is 2.53 bits per heavy atom. The fourth-order valence-electron chi connectivity index (χ4n) is 2.26. The first-order valence-corrected chi connectivity index (χ1v) is 6.53. The van der Waals surface area contributed by atoms with Crippen LogP contribution < -0.4 is 5.32 Å². The molecule has 0 aromatic heterocycles. The lowest BCUT2D eigenvalue weighted by Crippen LogP contribution is -2.57. The van der Waals surface area contributed by atoms with Crippen LogP contribution in [0.25, 0.3) is 0 Å². The van der Waals surface area contributed by atoms with Crippen LogP contribution in [-0.2, 0) is 4.74 Å². The zero-order valence-electron chi connectivity index (χ0n) is 11.7. The Morgan fingerprint density at radius 2 is 2.18 bits per heavy atom. The van der Waals surface area contributed by atoms with E-state index in [-0.39, 0.29) is 6.09 Å². The van der Waals surface area contributed by atoms with Gasteiger partial charge in [0.15, 0.2) is 0 Å². The largest absolute Gasteiger partial charge is 0.444 e. The minimum Gasteiger partial charge on any atom is -0.444 e. The minimum atomic E-state index is -0.401. The topological polar surface area (TPSA) is 41.6 Å². The van der Waals surface area contributed by atoms with Crippen LogP contribution in [0.2, 0.25) is 0 Å². The molecule has 2 atom stereocenters. The second-order valence-electron chi connectivity index (χ2n) is 5.76. The number of ether oxygens (including phenoxy) is 1. The van der Waals surface area contributed by atoms with Crippen molar-refractivity contribution in [3.8, 4) is 0 Å². The van der Waals surface area contributed by atoms with E-state index < -0.39 is 5.60 Å². The Morgan fingerprint density at radius 1 is 1.53 bits per heavy atom. The SMILES string of the molecule is CCC(CNC)C1CCN1C(=O)OC(C)(C)C. The lowest BCUT2D eigenvalue weighted by molar-refractivity contribution is -0.0180. The van der Waals surface area contributed by atoms with Crippen molar-refractivity contribution >= 4 is 6.09 Å². The molecule has 1 fully saturated rings. The molecule has 0 spiro atoms. The molecule has 0 aromatic carbocycles. The van der Waals surface area contributed by atoms with Crippen LogP contribution in [0.5, 0.6) is 0 Å². The summed E-state index contributed by atoms with van der Waals surface area (Å²) in [5.41, 5.74) is -0.401. The van der Waals surface area contributed by atoms with Crippen molar-refractivity contribution in [2.75, 3.05) is 20.1 Å². The molecule has 1 saturated heterocycles. The minimum absolute atomic E-state index is 0.164. The molecule has 2 unspecified atom stereocenters. The van der Waals surface area contributed by atoms with Gasteiger partial charge in [0.1, 0.15) is 5.60 Å². The lowest BCUT2D eigenvalue weighted by atomic mass is 9.87. The summed E-state index contributed by atoms with van der Waals surface area (Å²) in [5, 5.41) is 3.20. The maximum Gasteiger partial charge on any atom is 0.410 e. The summed E-state index contributed by atoms with van der Waals surface area (Å²) in [6, 6.07) is 0.349. The first-order valence-electron chi connectivity index (χ1n) is 6.53. The summed E-state index contributed by atoms with van der Waals surface area (Å²) >= 11 is 0. The van der Waals surface area contributed by atoms with Gasteiger partial charge < -0.3 is 15.0 Å². The smallest absolute Gasteiger partial charge is 0.410 e. The third kappa shape index (κ3) is 3.87. The number of nitrogens with one attached hydrogen (secondary N) is 1. The van der Waals surface area contributed by atoms with Crippen LogP contribution in [0.3, 0.4) is 0 Å². The molecular formula is C13H26N2O2. The van der Waals surface area contributed by atoms with Crippen molar-refractivity contribution in [2.24, 2.45) is 5.92 Å². The van der Waals surface area contributed by atoms with Crippen LogP contribution in [0.1, 0.15) is 40.5 Å². The van der Waals surface area contributed by atoms with E-state index in [2.05, 4.69) is 12.2 Å². The van der Waals surface area contributed by atoms with E-state index in [1.54, 1.807) is 0 Å². The molecule has 0 bridgehead atoms. The Balaban J connectivity index is 2.52. The van der Waals surface area contributed by atoms with Gasteiger partial charge in [-0.25, -0.2) is 4.79 Å². The van der Waals surface area contributed by atoms with Gasteiger partial charge >= 0.3 is 6.09 Å². The highest BCUT2D eigenvalue weighted by Crippen LogP contribution is 2.28. The van der Waals surface area contributed by atoms with E-state index in [0.29, 0.717) is 12.0 Å². The molecule has 1 aliphatic rings. The van der Waals surface area contributed by atoms with E-state index in [1.807, 2.05) is 32.7 Å². The molecule has 4 heteroatoms. The predicted octanol–water partition coefficient (Wildman–Crippen LogP) is 2.24. The predicted molar refractivity (Wildman–Crippen MR) is 69.1 cm³/mol. The second kappa shape index (κ2) is 5.71. The molecule has 1 heterocycles. The van der Waals surface area contributed by atoms with E-state index in [4.69, 9.17) is 4.74 Å². The van der Waals surface area contributed by atoms with E-state index in [1.165, 1.54) is 0 Å². The first-order chi connectivity index (χ1) is 7.89. The third-order valence-electron chi connectivity index (χ3n) is 3.23. The molecule has 0 aromatic rings. The first kappa shape index (κ1) is 14.3. The normalized spacial score (nSPS) is 21.9. The number of likely N-dealkylation sites (tertiary alicyclic amines) is 1. The lowest BCUT2D eigenvalue weighted by Gasteiger charge is -2.45. The van der Waals surface area contributed by atoms with Gasteiger partial charge in [-0.1, -0.05) is 13.3 Å². The van der Waals surface area contributed by atoms with Crippen molar-refractivity contribution < 1.29 is 9.53 Å². The van der Waals surface area contributed by atoms with Crippen LogP contribution in [0.15, 0.2) is 0 Å². The van der Waals surface area contributed by atoms with Crippen molar-refractivity contribution in [3.05, 3.63) is 0 Å². The zero-order chi connectivity index (χ0) is 13.1. The molecule has 17 heavy (non-hydrogen) atoms. The summed E-state index contributed by atoms with van der Waals surface area (Å²) in [6.07, 6.45) is 2.02. The van der Waals surface area contributed by atoms with Crippen molar-refractivity contribution in [2.45, 2.75) is 52.2 Å². The summed E-state index contributed by atoms with van der Waals surface area (Å²) in [4.78, 5) is 13.8. The number of amides is 1. The van der Waals surface area contributed by atoms with E-state index in [0.717, 1.165) is 25.9 Å². The van der Waals surface area contributed by atoms with Crippen molar-refractivity contribution in [1.29, 1.82) is 0 Å². The number of nitrogens with zero attached hydrogens (tertiary/aromatic N) is 1. The average molecular weight is 242 g/mol. The molecule has 0 saturated carbocycles. The number of hydrogen-bond acceptors (Lipinski definition) is 3. The quantitative estimate of drug-likeness (QED) is 0.822. The standard InChI is InChI=1S/C13H26N2O2/c1-6-10(9-14-5)11-7-8-15(11)12(16)17-13(2,3)4/h10-11,14H,6-9H2,1-5H3. The molecule has 1 N–H and O–H groups in total. The van der Waals surface area contributed by atoms with E-state index in [9.17, 15) is 4.79 Å². The van der Waals surface area contributed by atoms with Gasteiger partial charge in [-0.2, -0.15) is 0 Å². The third-order valence-corrected chi connectivity index (χ3v) is 3.23.